The maximum Gasteiger partial charge on any atom is 0.369 e. The Balaban J connectivity index is 2.81. The number of aliphatic hydroxyl groups is 4. The first kappa shape index (κ1) is 13.3. The third-order valence-corrected chi connectivity index (χ3v) is 2.25. The smallest absolute Gasteiger partial charge is 0.369 e. The minimum atomic E-state index is -2.63. The van der Waals surface area contributed by atoms with E-state index in [1.807, 2.05) is 0 Å². The van der Waals surface area contributed by atoms with Crippen molar-refractivity contribution in [2.24, 2.45) is 0 Å². The summed E-state index contributed by atoms with van der Waals surface area (Å²) in [6.07, 6.45) is -5.12. The van der Waals surface area contributed by atoms with Gasteiger partial charge in [0, 0.05) is 0 Å². The molecule has 1 aliphatic heterocycles. The molecule has 7 nitrogen and oxygen atoms in total. The van der Waals surface area contributed by atoms with E-state index in [0.29, 0.717) is 0 Å². The Hall–Kier alpha value is -0.730. The van der Waals surface area contributed by atoms with E-state index in [9.17, 15) is 20.1 Å². The van der Waals surface area contributed by atoms with Gasteiger partial charge in [0.25, 0.3) is 5.79 Å². The third kappa shape index (κ3) is 2.18. The van der Waals surface area contributed by atoms with Gasteiger partial charge in [0.05, 0.1) is 12.7 Å². The highest BCUT2D eigenvalue weighted by Gasteiger charge is 2.59. The van der Waals surface area contributed by atoms with Crippen LogP contribution in [0.4, 0.5) is 0 Å². The molecule has 0 aromatic rings. The first-order valence-electron chi connectivity index (χ1n) is 4.91. The van der Waals surface area contributed by atoms with E-state index in [2.05, 4.69) is 4.74 Å². The minimum Gasteiger partial charge on any atom is -0.459 e. The molecule has 0 aromatic carbocycles. The highest BCUT2D eigenvalue weighted by atomic mass is 16.7. The van der Waals surface area contributed by atoms with Crippen LogP contribution in [0.3, 0.4) is 0 Å². The number of hydrogen-bond acceptors (Lipinski definition) is 7. The second-order valence-electron chi connectivity index (χ2n) is 3.92. The maximum absolute atomic E-state index is 11.4. The molecule has 0 aliphatic carbocycles. The van der Waals surface area contributed by atoms with Gasteiger partial charge in [0.15, 0.2) is 0 Å². The largest absolute Gasteiger partial charge is 0.459 e. The van der Waals surface area contributed by atoms with E-state index >= 15 is 0 Å². The highest BCUT2D eigenvalue weighted by molar-refractivity contribution is 5.79. The summed E-state index contributed by atoms with van der Waals surface area (Å²) >= 11 is 0. The normalized spacial score (nSPS) is 39.1. The number of aliphatic hydroxyl groups excluding tert-OH is 3. The predicted octanol–water partition coefficient (Wildman–Crippen LogP) is -2.26. The molecular weight excluding hydrogens is 220 g/mol. The number of ether oxygens (including phenoxy) is 2. The lowest BCUT2D eigenvalue weighted by Crippen LogP contribution is -2.51. The molecule has 1 aliphatic rings. The van der Waals surface area contributed by atoms with Gasteiger partial charge >= 0.3 is 5.97 Å². The van der Waals surface area contributed by atoms with Gasteiger partial charge < -0.3 is 29.9 Å². The number of hydrogen-bond donors (Lipinski definition) is 4. The topological polar surface area (TPSA) is 116 Å². The van der Waals surface area contributed by atoms with E-state index in [1.165, 1.54) is 0 Å². The van der Waals surface area contributed by atoms with Gasteiger partial charge in [-0.2, -0.15) is 0 Å². The lowest BCUT2D eigenvalue weighted by atomic mass is 10.1. The zero-order valence-electron chi connectivity index (χ0n) is 9.03. The molecule has 16 heavy (non-hydrogen) atoms. The summed E-state index contributed by atoms with van der Waals surface area (Å²) in [5, 5.41) is 37.4. The molecule has 1 heterocycles. The molecule has 0 saturated carbocycles. The molecule has 0 bridgehead atoms. The van der Waals surface area contributed by atoms with Crippen molar-refractivity contribution in [1.29, 1.82) is 0 Å². The summed E-state index contributed by atoms with van der Waals surface area (Å²) in [6.45, 7) is 2.49. The van der Waals surface area contributed by atoms with Crippen LogP contribution in [0.5, 0.6) is 0 Å². The van der Waals surface area contributed by atoms with Crippen molar-refractivity contribution in [2.75, 3.05) is 6.61 Å². The van der Waals surface area contributed by atoms with Gasteiger partial charge in [0.2, 0.25) is 0 Å². The molecule has 1 rings (SSSR count). The second kappa shape index (κ2) is 4.64. The van der Waals surface area contributed by atoms with Crippen LogP contribution in [0.15, 0.2) is 0 Å². The number of esters is 1. The van der Waals surface area contributed by atoms with Crippen molar-refractivity contribution in [2.45, 2.75) is 44.1 Å². The monoisotopic (exact) mass is 236 g/mol. The zero-order valence-corrected chi connectivity index (χ0v) is 9.03. The molecule has 0 radical (unpaired) electrons. The average Bonchev–Trinajstić information content (AvgIpc) is 2.43. The maximum atomic E-state index is 11.4. The van der Waals surface area contributed by atoms with E-state index < -0.39 is 42.8 Å². The fourth-order valence-electron chi connectivity index (χ4n) is 1.42. The third-order valence-electron chi connectivity index (χ3n) is 2.25. The van der Waals surface area contributed by atoms with Gasteiger partial charge in [0.1, 0.15) is 18.3 Å². The van der Waals surface area contributed by atoms with Crippen LogP contribution >= 0.6 is 0 Å². The van der Waals surface area contributed by atoms with Crippen LogP contribution < -0.4 is 0 Å². The summed E-state index contributed by atoms with van der Waals surface area (Å²) < 4.78 is 9.40. The fraction of sp³-hybridized carbons (Fsp3) is 0.889. The Morgan fingerprint density at radius 1 is 1.50 bits per heavy atom. The van der Waals surface area contributed by atoms with Crippen LogP contribution in [0.2, 0.25) is 0 Å². The van der Waals surface area contributed by atoms with Crippen LogP contribution in [0, 0.1) is 0 Å². The van der Waals surface area contributed by atoms with Gasteiger partial charge in [-0.05, 0) is 13.8 Å². The fourth-order valence-corrected chi connectivity index (χ4v) is 1.42. The van der Waals surface area contributed by atoms with E-state index in [-0.39, 0.29) is 0 Å². The molecule has 0 spiro atoms. The number of rotatable bonds is 3. The Kier molecular flexibility index (Phi) is 3.87. The van der Waals surface area contributed by atoms with Crippen molar-refractivity contribution in [1.82, 2.24) is 0 Å². The van der Waals surface area contributed by atoms with E-state index in [1.54, 1.807) is 13.8 Å². The number of carbonyl (C=O) groups is 1. The molecule has 1 unspecified atom stereocenters. The predicted molar refractivity (Wildman–Crippen MR) is 50.2 cm³/mol. The Bertz CT molecular complexity index is 267. The molecule has 94 valence electrons. The van der Waals surface area contributed by atoms with Gasteiger partial charge in [-0.15, -0.1) is 0 Å². The Morgan fingerprint density at radius 3 is 2.44 bits per heavy atom. The highest BCUT2D eigenvalue weighted by Crippen LogP contribution is 2.30. The average molecular weight is 236 g/mol. The lowest BCUT2D eigenvalue weighted by molar-refractivity contribution is -0.246. The summed E-state index contributed by atoms with van der Waals surface area (Å²) in [5.41, 5.74) is 0. The summed E-state index contributed by atoms with van der Waals surface area (Å²) in [7, 11) is 0. The lowest BCUT2D eigenvalue weighted by Gasteiger charge is -2.24. The molecule has 4 atom stereocenters. The van der Waals surface area contributed by atoms with Gasteiger partial charge in [-0.1, -0.05) is 0 Å². The molecular formula is C9H16O7. The number of carbonyl (C=O) groups excluding carboxylic acids is 1. The van der Waals surface area contributed by atoms with Crippen molar-refractivity contribution >= 4 is 5.97 Å². The molecule has 7 heteroatoms. The molecule has 0 amide bonds. The summed E-state index contributed by atoms with van der Waals surface area (Å²) in [4.78, 5) is 11.4. The zero-order chi connectivity index (χ0) is 12.5. The summed E-state index contributed by atoms with van der Waals surface area (Å²) in [6, 6.07) is 0. The Morgan fingerprint density at radius 2 is 2.06 bits per heavy atom. The van der Waals surface area contributed by atoms with Crippen molar-refractivity contribution in [3.63, 3.8) is 0 Å². The quantitative estimate of drug-likeness (QED) is 0.408. The summed E-state index contributed by atoms with van der Waals surface area (Å²) in [5.74, 6) is -3.82. The molecule has 1 fully saturated rings. The van der Waals surface area contributed by atoms with E-state index in [0.717, 1.165) is 0 Å². The van der Waals surface area contributed by atoms with E-state index in [4.69, 9.17) is 9.84 Å². The van der Waals surface area contributed by atoms with Crippen LogP contribution in [0.1, 0.15) is 13.8 Å². The SMILES string of the molecule is CC(C)OC(=O)C1(O)O[C@H](CO)[C@H](O)[C@H]1O. The van der Waals surface area contributed by atoms with Crippen molar-refractivity contribution in [3.05, 3.63) is 0 Å². The minimum absolute atomic E-state index is 0.502. The van der Waals surface area contributed by atoms with Crippen LogP contribution in [-0.2, 0) is 14.3 Å². The first-order chi connectivity index (χ1) is 7.32. The van der Waals surface area contributed by atoms with Gasteiger partial charge in [-0.3, -0.25) is 0 Å². The second-order valence-corrected chi connectivity index (χ2v) is 3.92. The van der Waals surface area contributed by atoms with Crippen molar-refractivity contribution in [3.8, 4) is 0 Å². The van der Waals surface area contributed by atoms with Crippen molar-refractivity contribution < 1.29 is 34.7 Å². The van der Waals surface area contributed by atoms with Crippen LogP contribution in [-0.4, -0.2) is 63.2 Å². The molecule has 4 N–H and O–H groups in total. The Labute approximate surface area is 92.2 Å². The molecule has 1 saturated heterocycles. The van der Waals surface area contributed by atoms with Gasteiger partial charge in [-0.25, -0.2) is 4.79 Å². The van der Waals surface area contributed by atoms with Crippen LogP contribution in [0.25, 0.3) is 0 Å². The molecule has 0 aromatic heterocycles. The first-order valence-corrected chi connectivity index (χ1v) is 4.91. The standard InChI is InChI=1S/C9H16O7/c1-4(2)15-8(13)9(14)7(12)6(11)5(3-10)16-9/h4-7,10-12,14H,3H2,1-2H3/t5-,6+,7-,9?/m1/s1.